The third-order valence-corrected chi connectivity index (χ3v) is 1.34. The van der Waals surface area contributed by atoms with Gasteiger partial charge in [0.05, 0.1) is 13.2 Å². The van der Waals surface area contributed by atoms with E-state index in [0.29, 0.717) is 5.56 Å². The molecule has 0 aliphatic heterocycles. The molecule has 62 valence electrons. The summed E-state index contributed by atoms with van der Waals surface area (Å²) in [5.41, 5.74) is 0.658. The maximum atomic E-state index is 11.8. The topological polar surface area (TPSA) is 25.2 Å². The maximum absolute atomic E-state index is 11.8. The van der Waals surface area contributed by atoms with Crippen LogP contribution in [0.3, 0.4) is 0 Å². The van der Waals surface area contributed by atoms with E-state index in [1.54, 1.807) is 6.07 Å². The summed E-state index contributed by atoms with van der Waals surface area (Å²) in [6.45, 7) is -0.407. The number of aromatic nitrogens is 1. The molecule has 0 unspecified atom stereocenters. The first-order chi connectivity index (χ1) is 5.22. The van der Waals surface area contributed by atoms with E-state index in [1.807, 2.05) is 0 Å². The lowest BCUT2D eigenvalue weighted by atomic mass is 10.4. The van der Waals surface area contributed by atoms with E-state index in [0.717, 1.165) is 0 Å². The number of halogens is 2. The van der Waals surface area contributed by atoms with Crippen LogP contribution in [-0.4, -0.2) is 16.1 Å². The van der Waals surface area contributed by atoms with Crippen molar-refractivity contribution in [2.45, 2.75) is 19.6 Å². The van der Waals surface area contributed by atoms with Gasteiger partial charge in [-0.3, -0.25) is 0 Å². The van der Waals surface area contributed by atoms with Crippen LogP contribution < -0.4 is 0 Å². The van der Waals surface area contributed by atoms with Crippen molar-refractivity contribution in [1.82, 2.24) is 4.57 Å². The van der Waals surface area contributed by atoms with Crippen molar-refractivity contribution in [1.29, 1.82) is 0 Å². The molecule has 11 heavy (non-hydrogen) atoms. The van der Waals surface area contributed by atoms with Gasteiger partial charge in [0.15, 0.2) is 0 Å². The molecule has 0 amide bonds. The normalized spacial score (nSPS) is 10.9. The maximum Gasteiger partial charge on any atom is 0.256 e. The Morgan fingerprint density at radius 2 is 2.27 bits per heavy atom. The lowest BCUT2D eigenvalue weighted by Gasteiger charge is -1.99. The first kappa shape index (κ1) is 8.20. The van der Waals surface area contributed by atoms with Crippen LogP contribution in [0.2, 0.25) is 0 Å². The highest BCUT2D eigenvalue weighted by atomic mass is 19.3. The van der Waals surface area contributed by atoms with E-state index < -0.39 is 6.43 Å². The smallest absolute Gasteiger partial charge is 0.256 e. The zero-order valence-corrected chi connectivity index (χ0v) is 5.87. The fourth-order valence-corrected chi connectivity index (χ4v) is 0.857. The van der Waals surface area contributed by atoms with Crippen LogP contribution in [0.5, 0.6) is 0 Å². The van der Waals surface area contributed by atoms with Gasteiger partial charge in [0, 0.05) is 12.4 Å². The fourth-order valence-electron chi connectivity index (χ4n) is 0.857. The molecule has 1 rings (SSSR count). The van der Waals surface area contributed by atoms with Crippen LogP contribution in [0, 0.1) is 0 Å². The molecule has 1 aromatic rings. The molecular formula is C7H9F2NO. The molecule has 4 heteroatoms. The third kappa shape index (κ3) is 2.31. The highest BCUT2D eigenvalue weighted by Gasteiger charge is 2.03. The van der Waals surface area contributed by atoms with E-state index in [9.17, 15) is 8.78 Å². The summed E-state index contributed by atoms with van der Waals surface area (Å²) < 4.78 is 24.9. The van der Waals surface area contributed by atoms with Gasteiger partial charge in [-0.05, 0) is 11.6 Å². The quantitative estimate of drug-likeness (QED) is 0.709. The van der Waals surface area contributed by atoms with Crippen LogP contribution in [0.25, 0.3) is 0 Å². The minimum absolute atomic E-state index is 0.101. The van der Waals surface area contributed by atoms with Gasteiger partial charge in [-0.15, -0.1) is 0 Å². The standard InChI is InChI=1S/C7H9F2NO/c8-7(9)4-10-2-1-6(3-10)5-11/h1-3,7,11H,4-5H2. The molecule has 0 aliphatic rings. The van der Waals surface area contributed by atoms with Crippen molar-refractivity contribution in [2.75, 3.05) is 0 Å². The van der Waals surface area contributed by atoms with Crippen molar-refractivity contribution in [2.24, 2.45) is 0 Å². The van der Waals surface area contributed by atoms with Crippen molar-refractivity contribution >= 4 is 0 Å². The average molecular weight is 161 g/mol. The molecule has 1 N–H and O–H groups in total. The van der Waals surface area contributed by atoms with Crippen molar-refractivity contribution in [3.05, 3.63) is 24.0 Å². The summed E-state index contributed by atoms with van der Waals surface area (Å²) in [5.74, 6) is 0. The number of nitrogens with zero attached hydrogens (tertiary/aromatic N) is 1. The number of aliphatic hydroxyl groups is 1. The van der Waals surface area contributed by atoms with Crippen LogP contribution in [0.1, 0.15) is 5.56 Å². The number of hydrogen-bond acceptors (Lipinski definition) is 1. The van der Waals surface area contributed by atoms with E-state index in [-0.39, 0.29) is 13.2 Å². The lowest BCUT2D eigenvalue weighted by molar-refractivity contribution is 0.126. The molecule has 0 aromatic carbocycles. The van der Waals surface area contributed by atoms with Gasteiger partial charge in [-0.1, -0.05) is 0 Å². The molecule has 0 aliphatic carbocycles. The van der Waals surface area contributed by atoms with E-state index in [4.69, 9.17) is 5.11 Å². The summed E-state index contributed by atoms with van der Waals surface area (Å²) in [4.78, 5) is 0. The fraction of sp³-hybridized carbons (Fsp3) is 0.429. The molecular weight excluding hydrogens is 152 g/mol. The Hall–Kier alpha value is -0.900. The molecule has 0 saturated carbocycles. The first-order valence-electron chi connectivity index (χ1n) is 3.26. The Kier molecular flexibility index (Phi) is 2.59. The van der Waals surface area contributed by atoms with Gasteiger partial charge < -0.3 is 9.67 Å². The second-order valence-electron chi connectivity index (χ2n) is 2.27. The Morgan fingerprint density at radius 3 is 2.73 bits per heavy atom. The molecule has 0 bridgehead atoms. The largest absolute Gasteiger partial charge is 0.392 e. The first-order valence-corrected chi connectivity index (χ1v) is 3.26. The summed E-state index contributed by atoms with van der Waals surface area (Å²) in [6.07, 6.45) is 0.693. The molecule has 0 fully saturated rings. The molecule has 2 nitrogen and oxygen atoms in total. The van der Waals surface area contributed by atoms with Gasteiger partial charge in [-0.25, -0.2) is 8.78 Å². The lowest BCUT2D eigenvalue weighted by Crippen LogP contribution is -2.03. The van der Waals surface area contributed by atoms with Gasteiger partial charge in [0.25, 0.3) is 6.43 Å². The number of rotatable bonds is 3. The van der Waals surface area contributed by atoms with Crippen LogP contribution in [-0.2, 0) is 13.2 Å². The molecule has 1 aromatic heterocycles. The second kappa shape index (κ2) is 3.48. The van der Waals surface area contributed by atoms with E-state index in [1.165, 1.54) is 17.0 Å². The molecule has 0 atom stereocenters. The molecule has 0 spiro atoms. The zero-order chi connectivity index (χ0) is 8.27. The molecule has 0 saturated heterocycles. The number of hydrogen-bond donors (Lipinski definition) is 1. The Bertz CT molecular complexity index is 222. The van der Waals surface area contributed by atoms with Crippen molar-refractivity contribution in [3.63, 3.8) is 0 Å². The summed E-state index contributed by atoms with van der Waals surface area (Å²) in [6, 6.07) is 1.61. The Morgan fingerprint density at radius 1 is 1.55 bits per heavy atom. The summed E-state index contributed by atoms with van der Waals surface area (Å²) in [5, 5.41) is 8.58. The third-order valence-electron chi connectivity index (χ3n) is 1.34. The highest BCUT2D eigenvalue weighted by Crippen LogP contribution is 2.03. The minimum Gasteiger partial charge on any atom is -0.392 e. The van der Waals surface area contributed by atoms with Gasteiger partial charge in [0.2, 0.25) is 0 Å². The molecule has 0 radical (unpaired) electrons. The van der Waals surface area contributed by atoms with Gasteiger partial charge in [-0.2, -0.15) is 0 Å². The monoisotopic (exact) mass is 161 g/mol. The van der Waals surface area contributed by atoms with Crippen LogP contribution >= 0.6 is 0 Å². The second-order valence-corrected chi connectivity index (χ2v) is 2.27. The Labute approximate surface area is 63.1 Å². The van der Waals surface area contributed by atoms with Gasteiger partial charge in [0.1, 0.15) is 0 Å². The van der Waals surface area contributed by atoms with E-state index >= 15 is 0 Å². The van der Waals surface area contributed by atoms with Gasteiger partial charge >= 0.3 is 0 Å². The minimum atomic E-state index is -2.34. The number of alkyl halides is 2. The SMILES string of the molecule is OCc1ccn(CC(F)F)c1. The van der Waals surface area contributed by atoms with E-state index in [2.05, 4.69) is 0 Å². The highest BCUT2D eigenvalue weighted by molar-refractivity contribution is 5.08. The summed E-state index contributed by atoms with van der Waals surface area (Å²) >= 11 is 0. The number of aliphatic hydroxyl groups excluding tert-OH is 1. The molecule has 1 heterocycles. The zero-order valence-electron chi connectivity index (χ0n) is 5.87. The predicted octanol–water partition coefficient (Wildman–Crippen LogP) is 1.25. The van der Waals surface area contributed by atoms with Crippen LogP contribution in [0.4, 0.5) is 8.78 Å². The Balaban J connectivity index is 2.58. The summed E-state index contributed by atoms with van der Waals surface area (Å²) in [7, 11) is 0. The predicted molar refractivity (Wildman–Crippen MR) is 36.4 cm³/mol. The average Bonchev–Trinajstić information content (AvgIpc) is 2.34. The van der Waals surface area contributed by atoms with Crippen LogP contribution in [0.15, 0.2) is 18.5 Å². The van der Waals surface area contributed by atoms with Crippen molar-refractivity contribution in [3.8, 4) is 0 Å². The van der Waals surface area contributed by atoms with Crippen molar-refractivity contribution < 1.29 is 13.9 Å².